The summed E-state index contributed by atoms with van der Waals surface area (Å²) in [6, 6.07) is 7.92. The second-order valence-corrected chi connectivity index (χ2v) is 7.45. The number of rotatable bonds is 6. The van der Waals surface area contributed by atoms with Gasteiger partial charge in [-0.15, -0.1) is 0 Å². The Labute approximate surface area is 164 Å². The first-order chi connectivity index (χ1) is 12.3. The van der Waals surface area contributed by atoms with E-state index in [1.54, 1.807) is 0 Å². The largest absolute Gasteiger partial charge is 0.486 e. The van der Waals surface area contributed by atoms with Crippen LogP contribution in [0.25, 0.3) is 0 Å². The van der Waals surface area contributed by atoms with Gasteiger partial charge in [0.25, 0.3) is 5.91 Å². The van der Waals surface area contributed by atoms with Crippen LogP contribution in [0.1, 0.15) is 29.8 Å². The summed E-state index contributed by atoms with van der Waals surface area (Å²) in [4.78, 5) is 12.2. The smallest absolute Gasteiger partial charge is 0.255 e. The predicted molar refractivity (Wildman–Crippen MR) is 106 cm³/mol. The summed E-state index contributed by atoms with van der Waals surface area (Å²) in [6.07, 6.45) is 0.297. The van der Waals surface area contributed by atoms with Crippen molar-refractivity contribution >= 4 is 44.8 Å². The van der Waals surface area contributed by atoms with Gasteiger partial charge in [-0.3, -0.25) is 4.79 Å². The quantitative estimate of drug-likeness (QED) is 0.599. The number of benzene rings is 2. The molecule has 0 aliphatic carbocycles. The monoisotopic (exact) mass is 441 g/mol. The molecular formula is C19H18BrF2NO2S. The lowest BCUT2D eigenvalue weighted by Crippen LogP contribution is -2.14. The number of thiocarbonyl (C=S) groups is 1. The summed E-state index contributed by atoms with van der Waals surface area (Å²) >= 11 is 8.50. The van der Waals surface area contributed by atoms with Crippen LogP contribution in [0.5, 0.6) is 0 Å². The molecule has 0 spiro atoms. The number of hydrogen-bond acceptors (Lipinski definition) is 3. The van der Waals surface area contributed by atoms with Crippen LogP contribution >= 0.6 is 28.1 Å². The molecule has 1 amide bonds. The minimum absolute atomic E-state index is 0.0101. The molecule has 0 atom stereocenters. The van der Waals surface area contributed by atoms with Crippen molar-refractivity contribution in [3.63, 3.8) is 0 Å². The summed E-state index contributed by atoms with van der Waals surface area (Å²) in [7, 11) is 0. The molecule has 0 saturated heterocycles. The van der Waals surface area contributed by atoms with Crippen molar-refractivity contribution in [1.29, 1.82) is 0 Å². The van der Waals surface area contributed by atoms with Crippen LogP contribution in [0.2, 0.25) is 0 Å². The highest BCUT2D eigenvalue weighted by Crippen LogP contribution is 2.26. The molecule has 3 nitrogen and oxygen atoms in total. The molecule has 0 fully saturated rings. The zero-order chi connectivity index (χ0) is 19.3. The van der Waals surface area contributed by atoms with Crippen molar-refractivity contribution in [3.05, 3.63) is 63.6 Å². The molecule has 2 aromatic carbocycles. The Morgan fingerprint density at radius 3 is 2.65 bits per heavy atom. The van der Waals surface area contributed by atoms with Crippen molar-refractivity contribution in [1.82, 2.24) is 0 Å². The van der Waals surface area contributed by atoms with E-state index in [1.807, 2.05) is 13.8 Å². The van der Waals surface area contributed by atoms with E-state index in [9.17, 15) is 13.6 Å². The highest BCUT2D eigenvalue weighted by molar-refractivity contribution is 9.10. The van der Waals surface area contributed by atoms with Crippen LogP contribution < -0.4 is 5.32 Å². The van der Waals surface area contributed by atoms with E-state index < -0.39 is 17.5 Å². The van der Waals surface area contributed by atoms with Gasteiger partial charge in [-0.1, -0.05) is 35.8 Å². The minimum Gasteiger partial charge on any atom is -0.486 e. The number of carbonyl (C=O) groups excluding carboxylic acids is 1. The number of ether oxygens (including phenoxy) is 1. The molecule has 1 N–H and O–H groups in total. The van der Waals surface area contributed by atoms with Crippen molar-refractivity contribution < 1.29 is 18.3 Å². The Bertz CT molecular complexity index is 827. The highest BCUT2D eigenvalue weighted by Gasteiger charge is 2.14. The average molecular weight is 442 g/mol. The Hall–Kier alpha value is -1.86. The Kier molecular flexibility index (Phi) is 7.23. The van der Waals surface area contributed by atoms with E-state index in [0.717, 1.165) is 6.07 Å². The number of amides is 1. The van der Waals surface area contributed by atoms with Gasteiger partial charge in [0.2, 0.25) is 0 Å². The molecule has 0 heterocycles. The van der Waals surface area contributed by atoms with Gasteiger partial charge >= 0.3 is 0 Å². The van der Waals surface area contributed by atoms with Crippen molar-refractivity contribution in [2.45, 2.75) is 20.3 Å². The molecule has 26 heavy (non-hydrogen) atoms. The van der Waals surface area contributed by atoms with E-state index in [2.05, 4.69) is 21.2 Å². The molecule has 0 unspecified atom stereocenters. The zero-order valence-electron chi connectivity index (χ0n) is 14.3. The topological polar surface area (TPSA) is 38.3 Å². The summed E-state index contributed by atoms with van der Waals surface area (Å²) in [5.41, 5.74) is 0.767. The van der Waals surface area contributed by atoms with Crippen molar-refractivity contribution in [3.8, 4) is 0 Å². The van der Waals surface area contributed by atoms with Crippen LogP contribution in [0, 0.1) is 17.6 Å². The van der Waals surface area contributed by atoms with Crippen molar-refractivity contribution in [2.75, 3.05) is 11.9 Å². The molecule has 138 valence electrons. The molecule has 0 bridgehead atoms. The van der Waals surface area contributed by atoms with E-state index in [4.69, 9.17) is 17.0 Å². The summed E-state index contributed by atoms with van der Waals surface area (Å²) in [6.45, 7) is 4.52. The minimum atomic E-state index is -0.612. The maximum absolute atomic E-state index is 14.2. The third-order valence-electron chi connectivity index (χ3n) is 3.38. The molecule has 7 heteroatoms. The molecule has 0 aliphatic heterocycles. The summed E-state index contributed by atoms with van der Waals surface area (Å²) in [5.74, 6) is -1.41. The van der Waals surface area contributed by atoms with Crippen LogP contribution in [0.3, 0.4) is 0 Å². The van der Waals surface area contributed by atoms with Gasteiger partial charge in [-0.05, 0) is 54.0 Å². The number of carbonyl (C=O) groups is 1. The fourth-order valence-electron chi connectivity index (χ4n) is 2.12. The second-order valence-electron chi connectivity index (χ2n) is 6.14. The molecule has 0 aliphatic rings. The van der Waals surface area contributed by atoms with E-state index >= 15 is 0 Å². The second kappa shape index (κ2) is 9.19. The van der Waals surface area contributed by atoms with Crippen LogP contribution in [0.4, 0.5) is 14.5 Å². The maximum Gasteiger partial charge on any atom is 0.255 e. The Morgan fingerprint density at radius 1 is 1.27 bits per heavy atom. The molecule has 0 aromatic heterocycles. The van der Waals surface area contributed by atoms with Gasteiger partial charge < -0.3 is 10.1 Å². The predicted octanol–water partition coefficient (Wildman–Crippen LogP) is 5.52. The maximum atomic E-state index is 14.2. The first-order valence-electron chi connectivity index (χ1n) is 7.96. The fourth-order valence-corrected chi connectivity index (χ4v) is 2.79. The normalized spacial score (nSPS) is 10.7. The van der Waals surface area contributed by atoms with Gasteiger partial charge in [-0.25, -0.2) is 8.78 Å². The van der Waals surface area contributed by atoms with Gasteiger partial charge in [0.15, 0.2) is 5.05 Å². The lowest BCUT2D eigenvalue weighted by molar-refractivity contribution is 0.102. The lowest BCUT2D eigenvalue weighted by atomic mass is 10.1. The summed E-state index contributed by atoms with van der Waals surface area (Å²) < 4.78 is 33.4. The number of nitrogens with one attached hydrogen (secondary N) is 1. The van der Waals surface area contributed by atoms with Gasteiger partial charge in [0.1, 0.15) is 11.6 Å². The fraction of sp³-hybridized carbons (Fsp3) is 0.263. The van der Waals surface area contributed by atoms with Crippen LogP contribution in [-0.2, 0) is 11.2 Å². The molecule has 2 aromatic rings. The van der Waals surface area contributed by atoms with E-state index in [1.165, 1.54) is 30.3 Å². The van der Waals surface area contributed by atoms with Gasteiger partial charge in [0.05, 0.1) is 12.3 Å². The average Bonchev–Trinajstić information content (AvgIpc) is 2.57. The number of halogens is 3. The lowest BCUT2D eigenvalue weighted by Gasteiger charge is -2.13. The number of anilines is 1. The zero-order valence-corrected chi connectivity index (χ0v) is 16.7. The molecule has 2 rings (SSSR count). The first kappa shape index (κ1) is 20.5. The Balaban J connectivity index is 2.16. The molecule has 0 saturated carbocycles. The third kappa shape index (κ3) is 5.85. The van der Waals surface area contributed by atoms with Crippen molar-refractivity contribution in [2.24, 2.45) is 5.92 Å². The van der Waals surface area contributed by atoms with Gasteiger partial charge in [0, 0.05) is 16.5 Å². The van der Waals surface area contributed by atoms with Gasteiger partial charge in [-0.2, -0.15) is 0 Å². The van der Waals surface area contributed by atoms with E-state index in [-0.39, 0.29) is 11.3 Å². The first-order valence-corrected chi connectivity index (χ1v) is 9.17. The highest BCUT2D eigenvalue weighted by atomic mass is 79.9. The Morgan fingerprint density at radius 2 is 2.00 bits per heavy atom. The third-order valence-corrected chi connectivity index (χ3v) is 4.38. The SMILES string of the molecule is CC(C)COC(=S)Cc1cc(NC(=O)c2cccc(F)c2)c(F)cc1Br. The van der Waals surface area contributed by atoms with E-state index in [0.29, 0.717) is 34.0 Å². The number of hydrogen-bond donors (Lipinski definition) is 1. The van der Waals surface area contributed by atoms with Crippen LogP contribution in [0.15, 0.2) is 40.9 Å². The standard InChI is InChI=1S/C19H18BrF2NO2S/c1-11(2)10-25-18(26)8-13-7-17(16(22)9-15(13)20)23-19(24)12-4-3-5-14(21)6-12/h3-7,9,11H,8,10H2,1-2H3,(H,23,24). The molecule has 0 radical (unpaired) electrons. The molecular weight excluding hydrogens is 424 g/mol. The summed E-state index contributed by atoms with van der Waals surface area (Å²) in [5, 5.41) is 2.84. The van der Waals surface area contributed by atoms with Crippen LogP contribution in [-0.4, -0.2) is 17.6 Å².